The first-order valence-electron chi connectivity index (χ1n) is 9.03. The molecule has 148 valence electrons. The lowest BCUT2D eigenvalue weighted by atomic mass is 10.3. The maximum atomic E-state index is 12.0. The van der Waals surface area contributed by atoms with Crippen molar-refractivity contribution in [3.8, 4) is 0 Å². The molecule has 0 saturated heterocycles. The minimum Gasteiger partial charge on any atom is -0.462 e. The fraction of sp³-hybridized carbons (Fsp3) is 0.556. The maximum Gasteiger partial charge on any atom is 0.350 e. The average molecular weight is 410 g/mol. The molecule has 2 heterocycles. The standard InChI is InChI=1S/C18H27N5O2S2/c1-6-13-10-21-14(26-13)8-9-20-18(19-5)23-12(4)16-22-11(3)15(27-16)17(24)25-7-2/h10,12H,6-9H2,1-5H3,(H2,19,20,23). The summed E-state index contributed by atoms with van der Waals surface area (Å²) in [7, 11) is 1.73. The van der Waals surface area contributed by atoms with E-state index < -0.39 is 0 Å². The van der Waals surface area contributed by atoms with Gasteiger partial charge >= 0.3 is 5.97 Å². The summed E-state index contributed by atoms with van der Waals surface area (Å²) in [6.45, 7) is 8.85. The zero-order valence-corrected chi connectivity index (χ0v) is 18.1. The highest BCUT2D eigenvalue weighted by atomic mass is 32.1. The van der Waals surface area contributed by atoms with Crippen molar-refractivity contribution in [2.45, 2.75) is 46.6 Å². The molecule has 0 radical (unpaired) electrons. The fourth-order valence-corrected chi connectivity index (χ4v) is 4.19. The summed E-state index contributed by atoms with van der Waals surface area (Å²) >= 11 is 3.11. The summed E-state index contributed by atoms with van der Waals surface area (Å²) in [5.41, 5.74) is 0.695. The quantitative estimate of drug-likeness (QED) is 0.396. The van der Waals surface area contributed by atoms with E-state index in [1.54, 1.807) is 25.3 Å². The van der Waals surface area contributed by atoms with Crippen LogP contribution in [0.25, 0.3) is 0 Å². The minimum absolute atomic E-state index is 0.0744. The van der Waals surface area contributed by atoms with Gasteiger partial charge in [0, 0.05) is 31.1 Å². The number of aromatic nitrogens is 2. The highest BCUT2D eigenvalue weighted by molar-refractivity contribution is 7.13. The van der Waals surface area contributed by atoms with Crippen molar-refractivity contribution in [2.75, 3.05) is 20.2 Å². The molecule has 0 spiro atoms. The molecule has 2 N–H and O–H groups in total. The van der Waals surface area contributed by atoms with Crippen molar-refractivity contribution >= 4 is 34.6 Å². The number of esters is 1. The Morgan fingerprint density at radius 2 is 2.15 bits per heavy atom. The third-order valence-electron chi connectivity index (χ3n) is 3.80. The van der Waals surface area contributed by atoms with Gasteiger partial charge in [0.25, 0.3) is 0 Å². The lowest BCUT2D eigenvalue weighted by Crippen LogP contribution is -2.39. The van der Waals surface area contributed by atoms with Crippen LogP contribution in [0.1, 0.15) is 57.1 Å². The minimum atomic E-state index is -0.316. The van der Waals surface area contributed by atoms with Crippen molar-refractivity contribution in [1.82, 2.24) is 20.6 Å². The Hall–Kier alpha value is -2.00. The van der Waals surface area contributed by atoms with Crippen molar-refractivity contribution in [3.63, 3.8) is 0 Å². The first-order chi connectivity index (χ1) is 13.0. The summed E-state index contributed by atoms with van der Waals surface area (Å²) in [4.78, 5) is 27.0. The predicted molar refractivity (Wildman–Crippen MR) is 111 cm³/mol. The van der Waals surface area contributed by atoms with Gasteiger partial charge in [0.1, 0.15) is 9.88 Å². The first-order valence-corrected chi connectivity index (χ1v) is 10.7. The number of thiazole rings is 2. The zero-order chi connectivity index (χ0) is 19.8. The normalized spacial score (nSPS) is 12.7. The van der Waals surface area contributed by atoms with Gasteiger partial charge in [0.2, 0.25) is 0 Å². The molecule has 0 aliphatic carbocycles. The number of rotatable bonds is 8. The van der Waals surface area contributed by atoms with Crippen LogP contribution in [0.3, 0.4) is 0 Å². The van der Waals surface area contributed by atoms with E-state index in [1.165, 1.54) is 16.2 Å². The lowest BCUT2D eigenvalue weighted by Gasteiger charge is -2.15. The van der Waals surface area contributed by atoms with Crippen molar-refractivity contribution in [2.24, 2.45) is 4.99 Å². The molecule has 1 atom stereocenters. The van der Waals surface area contributed by atoms with Gasteiger partial charge in [0.05, 0.1) is 23.4 Å². The van der Waals surface area contributed by atoms with Gasteiger partial charge in [-0.3, -0.25) is 4.99 Å². The second-order valence-corrected chi connectivity index (χ2v) is 8.11. The van der Waals surface area contributed by atoms with Crippen LogP contribution >= 0.6 is 22.7 Å². The predicted octanol–water partition coefficient (Wildman–Crippen LogP) is 3.12. The molecule has 0 bridgehead atoms. The Bertz CT molecular complexity index is 785. The van der Waals surface area contributed by atoms with Gasteiger partial charge in [-0.1, -0.05) is 6.92 Å². The van der Waals surface area contributed by atoms with Gasteiger partial charge in [-0.25, -0.2) is 14.8 Å². The fourth-order valence-electron chi connectivity index (χ4n) is 2.36. The number of carbonyl (C=O) groups is 1. The number of nitrogens with one attached hydrogen (secondary N) is 2. The molecule has 0 aliphatic rings. The molecule has 9 heteroatoms. The average Bonchev–Trinajstić information content (AvgIpc) is 3.27. The molecule has 2 aromatic rings. The summed E-state index contributed by atoms with van der Waals surface area (Å²) < 4.78 is 5.08. The molecule has 0 saturated carbocycles. The lowest BCUT2D eigenvalue weighted by molar-refractivity contribution is 0.0531. The molecule has 27 heavy (non-hydrogen) atoms. The van der Waals surface area contributed by atoms with Crippen LogP contribution in [0.15, 0.2) is 11.2 Å². The van der Waals surface area contributed by atoms with Crippen molar-refractivity contribution in [3.05, 3.63) is 31.7 Å². The number of hydrogen-bond donors (Lipinski definition) is 2. The SMILES string of the molecule is CCOC(=O)c1sc(C(C)NC(=NC)NCCc2ncc(CC)s2)nc1C. The number of guanidine groups is 1. The van der Waals surface area contributed by atoms with E-state index in [0.29, 0.717) is 23.1 Å². The van der Waals surface area contributed by atoms with Crippen LogP contribution in [-0.2, 0) is 17.6 Å². The van der Waals surface area contributed by atoms with Crippen LogP contribution < -0.4 is 10.6 Å². The van der Waals surface area contributed by atoms with E-state index in [0.717, 1.165) is 29.4 Å². The Balaban J connectivity index is 1.89. The molecule has 0 aromatic carbocycles. The topological polar surface area (TPSA) is 88.5 Å². The van der Waals surface area contributed by atoms with E-state index in [2.05, 4.69) is 32.5 Å². The van der Waals surface area contributed by atoms with Crippen LogP contribution in [0.2, 0.25) is 0 Å². The Morgan fingerprint density at radius 1 is 1.37 bits per heavy atom. The highest BCUT2D eigenvalue weighted by Gasteiger charge is 2.20. The van der Waals surface area contributed by atoms with Gasteiger partial charge in [-0.2, -0.15) is 0 Å². The van der Waals surface area contributed by atoms with E-state index in [-0.39, 0.29) is 12.0 Å². The maximum absolute atomic E-state index is 12.0. The Kier molecular flexibility index (Phi) is 8.18. The second kappa shape index (κ2) is 10.4. The molecular formula is C18H27N5O2S2. The number of aliphatic imine (C=N–C) groups is 1. The summed E-state index contributed by atoms with van der Waals surface area (Å²) in [5, 5.41) is 8.56. The van der Waals surface area contributed by atoms with Crippen LogP contribution in [-0.4, -0.2) is 42.1 Å². The number of nitrogens with zero attached hydrogens (tertiary/aromatic N) is 3. The number of carbonyl (C=O) groups excluding carboxylic acids is 1. The van der Waals surface area contributed by atoms with E-state index in [9.17, 15) is 4.79 Å². The van der Waals surface area contributed by atoms with Crippen molar-refractivity contribution in [1.29, 1.82) is 0 Å². The van der Waals surface area contributed by atoms with Crippen molar-refractivity contribution < 1.29 is 9.53 Å². The summed E-state index contributed by atoms with van der Waals surface area (Å²) in [6, 6.07) is -0.0744. The molecule has 7 nitrogen and oxygen atoms in total. The van der Waals surface area contributed by atoms with Crippen LogP contribution in [0.5, 0.6) is 0 Å². The first kappa shape index (κ1) is 21.3. The van der Waals surface area contributed by atoms with E-state index >= 15 is 0 Å². The largest absolute Gasteiger partial charge is 0.462 e. The molecule has 0 fully saturated rings. The van der Waals surface area contributed by atoms with Gasteiger partial charge < -0.3 is 15.4 Å². The van der Waals surface area contributed by atoms with E-state index in [1.807, 2.05) is 20.0 Å². The Morgan fingerprint density at radius 3 is 2.78 bits per heavy atom. The molecule has 0 amide bonds. The van der Waals surface area contributed by atoms with Gasteiger partial charge in [-0.15, -0.1) is 22.7 Å². The van der Waals surface area contributed by atoms with Gasteiger partial charge in [0.15, 0.2) is 5.96 Å². The third kappa shape index (κ3) is 6.00. The van der Waals surface area contributed by atoms with Crippen LogP contribution in [0.4, 0.5) is 0 Å². The molecule has 1 unspecified atom stereocenters. The smallest absolute Gasteiger partial charge is 0.350 e. The number of ether oxygens (including phenoxy) is 1. The molecule has 2 rings (SSSR count). The molecule has 2 aromatic heterocycles. The Labute approximate surface area is 168 Å². The molecular weight excluding hydrogens is 382 g/mol. The number of aryl methyl sites for hydroxylation is 2. The summed E-state index contributed by atoms with van der Waals surface area (Å²) in [6.07, 6.45) is 3.82. The summed E-state index contributed by atoms with van der Waals surface area (Å²) in [5.74, 6) is 0.378. The van der Waals surface area contributed by atoms with Gasteiger partial charge in [-0.05, 0) is 27.2 Å². The highest BCUT2D eigenvalue weighted by Crippen LogP contribution is 2.24. The molecule has 0 aliphatic heterocycles. The van der Waals surface area contributed by atoms with E-state index in [4.69, 9.17) is 4.74 Å². The number of hydrogen-bond acceptors (Lipinski definition) is 7. The second-order valence-electron chi connectivity index (χ2n) is 5.88. The third-order valence-corrected chi connectivity index (χ3v) is 6.32. The zero-order valence-electron chi connectivity index (χ0n) is 16.5. The monoisotopic (exact) mass is 409 g/mol. The van der Waals surface area contributed by atoms with Crippen LogP contribution in [0, 0.1) is 6.92 Å².